The monoisotopic (exact) mass is 231 g/mol. The van der Waals surface area contributed by atoms with E-state index in [-0.39, 0.29) is 0 Å². The van der Waals surface area contributed by atoms with Gasteiger partial charge in [0.25, 0.3) is 0 Å². The van der Waals surface area contributed by atoms with E-state index in [1.165, 1.54) is 37.7 Å². The maximum Gasteiger partial charge on any atom is 0.00957 e. The van der Waals surface area contributed by atoms with Crippen LogP contribution in [0.4, 0.5) is 0 Å². The Morgan fingerprint density at radius 3 is 2.59 bits per heavy atom. The van der Waals surface area contributed by atoms with Crippen LogP contribution in [0.2, 0.25) is 0 Å². The van der Waals surface area contributed by atoms with Crippen LogP contribution in [0.1, 0.15) is 38.2 Å². The first-order valence-corrected chi connectivity index (χ1v) is 7.04. The molecule has 0 heterocycles. The minimum absolute atomic E-state index is 0.720. The van der Waals surface area contributed by atoms with Gasteiger partial charge in [-0.2, -0.15) is 0 Å². The van der Waals surface area contributed by atoms with Crippen LogP contribution in [-0.4, -0.2) is 13.1 Å². The third-order valence-electron chi connectivity index (χ3n) is 4.38. The lowest BCUT2D eigenvalue weighted by Crippen LogP contribution is -2.39. The van der Waals surface area contributed by atoms with Crippen molar-refractivity contribution >= 4 is 0 Å². The zero-order valence-electron chi connectivity index (χ0n) is 11.2. The molecule has 0 spiro atoms. The summed E-state index contributed by atoms with van der Waals surface area (Å²) < 4.78 is 0. The SMILES string of the molecule is CCC1CCC(NC)C(Cc2ccccc2)C1. The summed E-state index contributed by atoms with van der Waals surface area (Å²) in [4.78, 5) is 0. The summed E-state index contributed by atoms with van der Waals surface area (Å²) in [6.45, 7) is 2.34. The molecule has 1 fully saturated rings. The fourth-order valence-electron chi connectivity index (χ4n) is 3.25. The van der Waals surface area contributed by atoms with Crippen LogP contribution in [0.3, 0.4) is 0 Å². The van der Waals surface area contributed by atoms with Crippen molar-refractivity contribution in [3.8, 4) is 0 Å². The first kappa shape index (κ1) is 12.6. The molecule has 1 nitrogen and oxygen atoms in total. The zero-order chi connectivity index (χ0) is 12.1. The van der Waals surface area contributed by atoms with Gasteiger partial charge in [0.2, 0.25) is 0 Å². The molecule has 94 valence electrons. The normalized spacial score (nSPS) is 29.2. The number of hydrogen-bond donors (Lipinski definition) is 1. The van der Waals surface area contributed by atoms with Crippen LogP contribution in [0, 0.1) is 11.8 Å². The Balaban J connectivity index is 2.00. The highest BCUT2D eigenvalue weighted by Gasteiger charge is 2.28. The van der Waals surface area contributed by atoms with Gasteiger partial charge in [-0.1, -0.05) is 43.7 Å². The van der Waals surface area contributed by atoms with Crippen molar-refractivity contribution in [2.24, 2.45) is 11.8 Å². The smallest absolute Gasteiger partial charge is 0.00957 e. The average molecular weight is 231 g/mol. The van der Waals surface area contributed by atoms with Gasteiger partial charge in [-0.3, -0.25) is 0 Å². The van der Waals surface area contributed by atoms with Gasteiger partial charge in [0.05, 0.1) is 0 Å². The van der Waals surface area contributed by atoms with E-state index in [1.807, 2.05) is 0 Å². The molecule has 1 N–H and O–H groups in total. The lowest BCUT2D eigenvalue weighted by molar-refractivity contribution is 0.205. The van der Waals surface area contributed by atoms with E-state index in [1.54, 1.807) is 0 Å². The maximum absolute atomic E-state index is 3.52. The summed E-state index contributed by atoms with van der Waals surface area (Å²) in [6, 6.07) is 11.7. The van der Waals surface area contributed by atoms with Crippen molar-refractivity contribution in [1.29, 1.82) is 0 Å². The number of benzene rings is 1. The van der Waals surface area contributed by atoms with Gasteiger partial charge in [-0.15, -0.1) is 0 Å². The molecular formula is C16H25N. The number of hydrogen-bond acceptors (Lipinski definition) is 1. The van der Waals surface area contributed by atoms with Gasteiger partial charge < -0.3 is 5.32 Å². The number of rotatable bonds is 4. The van der Waals surface area contributed by atoms with Crippen LogP contribution >= 0.6 is 0 Å². The summed E-state index contributed by atoms with van der Waals surface area (Å²) >= 11 is 0. The molecule has 3 unspecified atom stereocenters. The highest BCUT2D eigenvalue weighted by Crippen LogP contribution is 2.33. The molecule has 0 saturated heterocycles. The fourth-order valence-corrected chi connectivity index (χ4v) is 3.25. The largest absolute Gasteiger partial charge is 0.317 e. The van der Waals surface area contributed by atoms with Crippen molar-refractivity contribution in [2.45, 2.75) is 45.1 Å². The molecule has 1 aromatic carbocycles. The molecule has 1 heteroatoms. The van der Waals surface area contributed by atoms with Crippen molar-refractivity contribution in [2.75, 3.05) is 7.05 Å². The van der Waals surface area contributed by atoms with Crippen LogP contribution in [0.5, 0.6) is 0 Å². The van der Waals surface area contributed by atoms with Gasteiger partial charge >= 0.3 is 0 Å². The van der Waals surface area contributed by atoms with Crippen molar-refractivity contribution in [3.63, 3.8) is 0 Å². The van der Waals surface area contributed by atoms with Gasteiger partial charge in [0.1, 0.15) is 0 Å². The second kappa shape index (κ2) is 6.20. The Morgan fingerprint density at radius 2 is 1.94 bits per heavy atom. The Labute approximate surface area is 106 Å². The predicted molar refractivity (Wildman–Crippen MR) is 74.1 cm³/mol. The Bertz CT molecular complexity index is 320. The summed E-state index contributed by atoms with van der Waals surface area (Å²) in [5.74, 6) is 1.77. The van der Waals surface area contributed by atoms with Crippen LogP contribution in [0.25, 0.3) is 0 Å². The third kappa shape index (κ3) is 3.32. The molecule has 2 rings (SSSR count). The molecule has 1 aromatic rings. The average Bonchev–Trinajstić information content (AvgIpc) is 2.40. The summed E-state index contributed by atoms with van der Waals surface area (Å²) in [5.41, 5.74) is 1.49. The van der Waals surface area contributed by atoms with E-state index < -0.39 is 0 Å². The van der Waals surface area contributed by atoms with E-state index in [2.05, 4.69) is 49.6 Å². The van der Waals surface area contributed by atoms with Crippen molar-refractivity contribution in [3.05, 3.63) is 35.9 Å². The second-order valence-corrected chi connectivity index (χ2v) is 5.43. The zero-order valence-corrected chi connectivity index (χ0v) is 11.2. The minimum Gasteiger partial charge on any atom is -0.317 e. The van der Waals surface area contributed by atoms with Gasteiger partial charge in [-0.25, -0.2) is 0 Å². The molecule has 0 radical (unpaired) electrons. The highest BCUT2D eigenvalue weighted by atomic mass is 14.9. The van der Waals surface area contributed by atoms with E-state index in [9.17, 15) is 0 Å². The third-order valence-corrected chi connectivity index (χ3v) is 4.38. The van der Waals surface area contributed by atoms with E-state index >= 15 is 0 Å². The topological polar surface area (TPSA) is 12.0 Å². The molecule has 3 atom stereocenters. The Hall–Kier alpha value is -0.820. The molecule has 0 amide bonds. The first-order valence-electron chi connectivity index (χ1n) is 7.04. The van der Waals surface area contributed by atoms with Gasteiger partial charge in [0, 0.05) is 6.04 Å². The summed E-state index contributed by atoms with van der Waals surface area (Å²) in [7, 11) is 2.12. The van der Waals surface area contributed by atoms with Gasteiger partial charge in [-0.05, 0) is 50.1 Å². The van der Waals surface area contributed by atoms with Gasteiger partial charge in [0.15, 0.2) is 0 Å². The molecule has 1 aliphatic carbocycles. The van der Waals surface area contributed by atoms with Crippen LogP contribution < -0.4 is 5.32 Å². The van der Waals surface area contributed by atoms with Crippen LogP contribution in [0.15, 0.2) is 30.3 Å². The molecule has 1 aliphatic rings. The van der Waals surface area contributed by atoms with E-state index in [4.69, 9.17) is 0 Å². The Kier molecular flexibility index (Phi) is 4.61. The molecule has 0 aromatic heterocycles. The standard InChI is InChI=1S/C16H25N/c1-3-13-9-10-16(17-2)15(11-13)12-14-7-5-4-6-8-14/h4-8,13,15-17H,3,9-12H2,1-2H3. The van der Waals surface area contributed by atoms with E-state index in [0.29, 0.717) is 0 Å². The lowest BCUT2D eigenvalue weighted by atomic mass is 9.74. The molecular weight excluding hydrogens is 206 g/mol. The highest BCUT2D eigenvalue weighted by molar-refractivity contribution is 5.15. The maximum atomic E-state index is 3.52. The van der Waals surface area contributed by atoms with Crippen molar-refractivity contribution in [1.82, 2.24) is 5.32 Å². The fraction of sp³-hybridized carbons (Fsp3) is 0.625. The van der Waals surface area contributed by atoms with E-state index in [0.717, 1.165) is 17.9 Å². The molecule has 0 bridgehead atoms. The lowest BCUT2D eigenvalue weighted by Gasteiger charge is -2.36. The summed E-state index contributed by atoms with van der Waals surface area (Å²) in [5, 5.41) is 3.52. The first-order chi connectivity index (χ1) is 8.33. The predicted octanol–water partition coefficient (Wildman–Crippen LogP) is 3.64. The molecule has 0 aliphatic heterocycles. The Morgan fingerprint density at radius 1 is 1.18 bits per heavy atom. The van der Waals surface area contributed by atoms with Crippen molar-refractivity contribution < 1.29 is 0 Å². The summed E-state index contributed by atoms with van der Waals surface area (Å²) in [6.07, 6.45) is 6.75. The minimum atomic E-state index is 0.720. The molecule has 1 saturated carbocycles. The number of nitrogens with one attached hydrogen (secondary N) is 1. The second-order valence-electron chi connectivity index (χ2n) is 5.43. The quantitative estimate of drug-likeness (QED) is 0.834. The molecule has 17 heavy (non-hydrogen) atoms. The van der Waals surface area contributed by atoms with Crippen LogP contribution in [-0.2, 0) is 6.42 Å².